The monoisotopic (exact) mass is 344 g/mol. The topological polar surface area (TPSA) is 109 Å². The third-order valence-electron chi connectivity index (χ3n) is 4.24. The van der Waals surface area contributed by atoms with Crippen LogP contribution < -0.4 is 10.6 Å². The molecule has 2 aromatic rings. The van der Waals surface area contributed by atoms with Gasteiger partial charge in [0, 0.05) is 28.1 Å². The zero-order valence-electron chi connectivity index (χ0n) is 13.9. The van der Waals surface area contributed by atoms with Crippen molar-refractivity contribution in [3.8, 4) is 0 Å². The zero-order valence-corrected chi connectivity index (χ0v) is 13.9. The second-order valence-electron chi connectivity index (χ2n) is 6.29. The minimum absolute atomic E-state index is 0.294. The summed E-state index contributed by atoms with van der Waals surface area (Å²) in [5, 5.41) is 26.7. The van der Waals surface area contributed by atoms with Gasteiger partial charge in [-0.2, -0.15) is 0 Å². The molecule has 3 atom stereocenters. The SMILES string of the molecule is CC(C)n1cc(/C=C/C2NC(=O)C([N+](=O)[O-])C(O)N2)c2ccccc21. The summed E-state index contributed by atoms with van der Waals surface area (Å²) in [5.74, 6) is -0.810. The number of carbonyl (C=O) groups is 1. The van der Waals surface area contributed by atoms with Crippen LogP contribution in [0.2, 0.25) is 0 Å². The molecule has 132 valence electrons. The highest BCUT2D eigenvalue weighted by Crippen LogP contribution is 2.25. The standard InChI is InChI=1S/C17H20N4O4/c1-10(2)20-9-11(12-5-3-4-6-13(12)20)7-8-14-18-16(22)15(21(24)25)17(23)19-14/h3-10,14-16,18,22H,1-2H3,(H,19,23)/b8-7+. The molecule has 1 aromatic heterocycles. The van der Waals surface area contributed by atoms with E-state index in [-0.39, 0.29) is 0 Å². The lowest BCUT2D eigenvalue weighted by Crippen LogP contribution is -2.65. The van der Waals surface area contributed by atoms with Gasteiger partial charge in [-0.05, 0) is 31.6 Å². The van der Waals surface area contributed by atoms with Gasteiger partial charge in [0.05, 0.1) is 0 Å². The third kappa shape index (κ3) is 3.26. The summed E-state index contributed by atoms with van der Waals surface area (Å²) in [4.78, 5) is 21.8. The molecule has 0 saturated carbocycles. The average molecular weight is 344 g/mol. The second kappa shape index (κ2) is 6.66. The predicted molar refractivity (Wildman–Crippen MR) is 93.2 cm³/mol. The number of aliphatic hydroxyl groups excluding tert-OH is 1. The molecule has 3 unspecified atom stereocenters. The van der Waals surface area contributed by atoms with Crippen molar-refractivity contribution in [3.63, 3.8) is 0 Å². The van der Waals surface area contributed by atoms with Crippen LogP contribution in [0.1, 0.15) is 25.5 Å². The number of aliphatic hydroxyl groups is 1. The highest BCUT2D eigenvalue weighted by atomic mass is 16.6. The van der Waals surface area contributed by atoms with Crippen LogP contribution in [-0.4, -0.2) is 38.9 Å². The van der Waals surface area contributed by atoms with Gasteiger partial charge < -0.3 is 15.0 Å². The zero-order chi connectivity index (χ0) is 18.1. The van der Waals surface area contributed by atoms with Crippen molar-refractivity contribution >= 4 is 22.9 Å². The van der Waals surface area contributed by atoms with Crippen LogP contribution in [0, 0.1) is 10.1 Å². The van der Waals surface area contributed by atoms with Crippen LogP contribution in [0.5, 0.6) is 0 Å². The van der Waals surface area contributed by atoms with Gasteiger partial charge in [-0.25, -0.2) is 0 Å². The molecule has 0 radical (unpaired) electrons. The first kappa shape index (κ1) is 17.1. The van der Waals surface area contributed by atoms with E-state index in [2.05, 4.69) is 29.0 Å². The minimum atomic E-state index is -1.70. The number of carbonyl (C=O) groups excluding carboxylic acids is 1. The number of aromatic nitrogens is 1. The van der Waals surface area contributed by atoms with Crippen LogP contribution in [0.3, 0.4) is 0 Å². The molecule has 1 aliphatic heterocycles. The Labute approximate surface area is 144 Å². The number of para-hydroxylation sites is 1. The summed E-state index contributed by atoms with van der Waals surface area (Å²) in [6.45, 7) is 4.19. The number of rotatable bonds is 4. The third-order valence-corrected chi connectivity index (χ3v) is 4.24. The maximum atomic E-state index is 11.8. The molecule has 1 aliphatic rings. The Bertz CT molecular complexity index is 842. The normalized spacial score (nSPS) is 24.2. The summed E-state index contributed by atoms with van der Waals surface area (Å²) in [5.41, 5.74) is 2.07. The Balaban J connectivity index is 1.85. The van der Waals surface area contributed by atoms with E-state index < -0.39 is 29.3 Å². The molecule has 8 nitrogen and oxygen atoms in total. The molecule has 25 heavy (non-hydrogen) atoms. The highest BCUT2D eigenvalue weighted by Gasteiger charge is 2.43. The first-order valence-electron chi connectivity index (χ1n) is 8.04. The Morgan fingerprint density at radius 1 is 1.36 bits per heavy atom. The first-order chi connectivity index (χ1) is 11.9. The smallest absolute Gasteiger partial charge is 0.328 e. The van der Waals surface area contributed by atoms with E-state index in [1.165, 1.54) is 0 Å². The molecule has 0 spiro atoms. The van der Waals surface area contributed by atoms with Crippen molar-refractivity contribution in [1.82, 2.24) is 15.2 Å². The fraction of sp³-hybridized carbons (Fsp3) is 0.353. The lowest BCUT2D eigenvalue weighted by atomic mass is 10.1. The van der Waals surface area contributed by atoms with E-state index in [1.54, 1.807) is 6.08 Å². The quantitative estimate of drug-likeness (QED) is 0.571. The fourth-order valence-corrected chi connectivity index (χ4v) is 3.01. The number of amides is 1. The molecule has 0 aliphatic carbocycles. The van der Waals surface area contributed by atoms with Crippen LogP contribution in [0.4, 0.5) is 0 Å². The van der Waals surface area contributed by atoms with Crippen molar-refractivity contribution in [3.05, 3.63) is 52.2 Å². The highest BCUT2D eigenvalue weighted by molar-refractivity contribution is 5.90. The number of benzene rings is 1. The summed E-state index contributed by atoms with van der Waals surface area (Å²) in [6, 6.07) is 6.58. The van der Waals surface area contributed by atoms with Gasteiger partial charge in [-0.1, -0.05) is 24.3 Å². The lowest BCUT2D eigenvalue weighted by Gasteiger charge is -2.28. The molecular formula is C17H20N4O4. The number of nitro groups is 1. The maximum Gasteiger partial charge on any atom is 0.328 e. The van der Waals surface area contributed by atoms with Crippen LogP contribution in [-0.2, 0) is 4.79 Å². The largest absolute Gasteiger partial charge is 0.371 e. The second-order valence-corrected chi connectivity index (χ2v) is 6.29. The van der Waals surface area contributed by atoms with Gasteiger partial charge in [-0.15, -0.1) is 0 Å². The van der Waals surface area contributed by atoms with Gasteiger partial charge in [0.25, 0.3) is 0 Å². The summed E-state index contributed by atoms with van der Waals surface area (Å²) in [6.07, 6.45) is 3.31. The molecule has 2 heterocycles. The Hall–Kier alpha value is -2.71. The number of hydrogen-bond acceptors (Lipinski definition) is 5. The molecule has 1 saturated heterocycles. The molecule has 1 amide bonds. The van der Waals surface area contributed by atoms with Crippen LogP contribution in [0.25, 0.3) is 17.0 Å². The van der Waals surface area contributed by atoms with Crippen LogP contribution in [0.15, 0.2) is 36.5 Å². The molecular weight excluding hydrogens is 324 g/mol. The van der Waals surface area contributed by atoms with Crippen molar-refractivity contribution < 1.29 is 14.8 Å². The Kier molecular flexibility index (Phi) is 4.56. The lowest BCUT2D eigenvalue weighted by molar-refractivity contribution is -0.522. The molecule has 3 N–H and O–H groups in total. The fourth-order valence-electron chi connectivity index (χ4n) is 3.01. The summed E-state index contributed by atoms with van der Waals surface area (Å²) >= 11 is 0. The molecule has 1 fully saturated rings. The van der Waals surface area contributed by atoms with Gasteiger partial charge in [-0.3, -0.25) is 20.2 Å². The summed E-state index contributed by atoms with van der Waals surface area (Å²) in [7, 11) is 0. The van der Waals surface area contributed by atoms with Gasteiger partial charge in [0.15, 0.2) is 6.23 Å². The number of hydrogen-bond donors (Lipinski definition) is 3. The van der Waals surface area contributed by atoms with E-state index in [1.807, 2.05) is 36.5 Å². The van der Waals surface area contributed by atoms with Gasteiger partial charge in [0.1, 0.15) is 6.17 Å². The molecule has 8 heteroatoms. The number of nitrogens with zero attached hydrogens (tertiary/aromatic N) is 2. The molecule has 0 bridgehead atoms. The summed E-state index contributed by atoms with van der Waals surface area (Å²) < 4.78 is 2.15. The number of nitrogens with one attached hydrogen (secondary N) is 2. The molecule has 3 rings (SSSR count). The van der Waals surface area contributed by atoms with E-state index in [4.69, 9.17) is 0 Å². The van der Waals surface area contributed by atoms with E-state index in [0.717, 1.165) is 16.5 Å². The van der Waals surface area contributed by atoms with E-state index in [0.29, 0.717) is 6.04 Å². The first-order valence-corrected chi connectivity index (χ1v) is 8.04. The predicted octanol–water partition coefficient (Wildman–Crippen LogP) is 1.24. The maximum absolute atomic E-state index is 11.8. The van der Waals surface area contributed by atoms with E-state index >= 15 is 0 Å². The van der Waals surface area contributed by atoms with Gasteiger partial charge >= 0.3 is 11.9 Å². The van der Waals surface area contributed by atoms with Crippen LogP contribution >= 0.6 is 0 Å². The van der Waals surface area contributed by atoms with Gasteiger partial charge in [0.2, 0.25) is 0 Å². The van der Waals surface area contributed by atoms with Crippen molar-refractivity contribution in [2.45, 2.75) is 38.3 Å². The minimum Gasteiger partial charge on any atom is -0.371 e. The average Bonchev–Trinajstić information content (AvgIpc) is 2.91. The molecule has 1 aromatic carbocycles. The van der Waals surface area contributed by atoms with Crippen molar-refractivity contribution in [2.24, 2.45) is 0 Å². The number of fused-ring (bicyclic) bond motifs is 1. The Morgan fingerprint density at radius 3 is 2.72 bits per heavy atom. The van der Waals surface area contributed by atoms with E-state index in [9.17, 15) is 20.0 Å². The van der Waals surface area contributed by atoms with Crippen molar-refractivity contribution in [2.75, 3.05) is 0 Å². The van der Waals surface area contributed by atoms with Crippen molar-refractivity contribution in [1.29, 1.82) is 0 Å². The Morgan fingerprint density at radius 2 is 2.08 bits per heavy atom.